The Hall–Kier alpha value is -2.63. The van der Waals surface area contributed by atoms with Gasteiger partial charge in [-0.15, -0.1) is 0 Å². The van der Waals surface area contributed by atoms with Crippen molar-refractivity contribution in [1.82, 2.24) is 4.90 Å². The number of sulfonamides is 1. The number of nitrogens with zero attached hydrogens (tertiary/aromatic N) is 1. The molecule has 1 heterocycles. The number of likely N-dealkylation sites (tertiary alicyclic amines) is 1. The van der Waals surface area contributed by atoms with Gasteiger partial charge in [0.25, 0.3) is 10.0 Å². The molecule has 3 aromatic rings. The number of allylic oxidation sites excluding steroid dienone is 1. The van der Waals surface area contributed by atoms with Crippen LogP contribution < -0.4 is 4.72 Å². The number of rotatable bonds is 6. The van der Waals surface area contributed by atoms with Gasteiger partial charge in [-0.3, -0.25) is 4.72 Å². The van der Waals surface area contributed by atoms with Crippen LogP contribution in [-0.2, 0) is 16.4 Å². The summed E-state index contributed by atoms with van der Waals surface area (Å²) in [5.41, 5.74) is 5.73. The number of hydrogen-bond acceptors (Lipinski definition) is 3. The molecule has 3 aromatic carbocycles. The molecular formula is C26H28N2O2S. The molecule has 1 aliphatic heterocycles. The van der Waals surface area contributed by atoms with Gasteiger partial charge in [-0.2, -0.15) is 0 Å². The van der Waals surface area contributed by atoms with E-state index in [4.69, 9.17) is 0 Å². The Morgan fingerprint density at radius 1 is 0.935 bits per heavy atom. The van der Waals surface area contributed by atoms with Crippen LogP contribution in [0.25, 0.3) is 16.3 Å². The maximum Gasteiger partial charge on any atom is 0.261 e. The number of fused-ring (bicyclic) bond motifs is 2. The lowest BCUT2D eigenvalue weighted by Crippen LogP contribution is -2.20. The summed E-state index contributed by atoms with van der Waals surface area (Å²) in [6.07, 6.45) is 4.44. The quantitative estimate of drug-likeness (QED) is 0.563. The van der Waals surface area contributed by atoms with Crippen molar-refractivity contribution < 1.29 is 8.42 Å². The predicted molar refractivity (Wildman–Crippen MR) is 128 cm³/mol. The molecule has 0 saturated carbocycles. The van der Waals surface area contributed by atoms with Crippen molar-refractivity contribution in [3.8, 4) is 0 Å². The fraction of sp³-hybridized carbons (Fsp3) is 0.308. The highest BCUT2D eigenvalue weighted by atomic mass is 32.2. The molecule has 0 aromatic heterocycles. The largest absolute Gasteiger partial charge is 0.303 e. The number of hydrogen-bond donors (Lipinski definition) is 1. The van der Waals surface area contributed by atoms with Gasteiger partial charge in [0, 0.05) is 6.54 Å². The minimum absolute atomic E-state index is 0.292. The van der Waals surface area contributed by atoms with Crippen LogP contribution in [0.3, 0.4) is 0 Å². The summed E-state index contributed by atoms with van der Waals surface area (Å²) in [6.45, 7) is 5.66. The van der Waals surface area contributed by atoms with Gasteiger partial charge in [0.05, 0.1) is 10.6 Å². The first-order chi connectivity index (χ1) is 15.0. The number of nitrogens with one attached hydrogen (secondary N) is 1. The van der Waals surface area contributed by atoms with E-state index >= 15 is 0 Å². The maximum atomic E-state index is 13.2. The molecule has 5 rings (SSSR count). The summed E-state index contributed by atoms with van der Waals surface area (Å²) >= 11 is 0. The first-order valence-electron chi connectivity index (χ1n) is 11.1. The second kappa shape index (κ2) is 8.13. The van der Waals surface area contributed by atoms with Crippen molar-refractivity contribution in [3.05, 3.63) is 77.4 Å². The third-order valence-electron chi connectivity index (χ3n) is 6.61. The van der Waals surface area contributed by atoms with E-state index in [1.165, 1.54) is 42.6 Å². The van der Waals surface area contributed by atoms with E-state index in [9.17, 15) is 8.42 Å². The molecule has 0 radical (unpaired) electrons. The second-order valence-corrected chi connectivity index (χ2v) is 10.4. The zero-order chi connectivity index (χ0) is 21.4. The highest BCUT2D eigenvalue weighted by Crippen LogP contribution is 2.39. The van der Waals surface area contributed by atoms with E-state index in [0.717, 1.165) is 35.7 Å². The minimum atomic E-state index is -3.66. The molecule has 2 aliphatic rings. The minimum Gasteiger partial charge on any atom is -0.303 e. The zero-order valence-electron chi connectivity index (χ0n) is 17.9. The van der Waals surface area contributed by atoms with E-state index < -0.39 is 10.0 Å². The van der Waals surface area contributed by atoms with Crippen LogP contribution in [0.1, 0.15) is 37.3 Å². The van der Waals surface area contributed by atoms with E-state index in [1.54, 1.807) is 12.1 Å². The highest BCUT2D eigenvalue weighted by molar-refractivity contribution is 7.92. The molecule has 0 bridgehead atoms. The number of benzene rings is 3. The molecule has 1 saturated heterocycles. The molecule has 1 fully saturated rings. The van der Waals surface area contributed by atoms with Gasteiger partial charge in [-0.25, -0.2) is 8.42 Å². The lowest BCUT2D eigenvalue weighted by molar-refractivity contribution is 0.348. The summed E-state index contributed by atoms with van der Waals surface area (Å²) in [4.78, 5) is 2.82. The SMILES string of the molecule is CC1=C(CCN2CCCC2)c2cccc(NS(=O)(=O)c3ccc4ccccc4c3)c2C1. The van der Waals surface area contributed by atoms with Crippen LogP contribution in [0.2, 0.25) is 0 Å². The zero-order valence-corrected chi connectivity index (χ0v) is 18.7. The highest BCUT2D eigenvalue weighted by Gasteiger charge is 2.25. The molecule has 5 heteroatoms. The van der Waals surface area contributed by atoms with E-state index in [0.29, 0.717) is 10.6 Å². The van der Waals surface area contributed by atoms with E-state index in [1.807, 2.05) is 42.5 Å². The fourth-order valence-corrected chi connectivity index (χ4v) is 6.05. The number of anilines is 1. The van der Waals surface area contributed by atoms with Crippen molar-refractivity contribution in [2.75, 3.05) is 24.4 Å². The van der Waals surface area contributed by atoms with Crippen LogP contribution in [0, 0.1) is 0 Å². The third kappa shape index (κ3) is 4.00. The molecule has 1 aliphatic carbocycles. The summed E-state index contributed by atoms with van der Waals surface area (Å²) < 4.78 is 29.2. The lowest BCUT2D eigenvalue weighted by atomic mass is 10.0. The standard InChI is InChI=1S/C26H28N2O2S/c1-19-17-25-24(23(19)13-16-28-14-4-5-15-28)9-6-10-26(25)27-31(29,30)22-12-11-20-7-2-3-8-21(20)18-22/h2-3,6-12,18,27H,4-5,13-17H2,1H3. The Labute approximate surface area is 184 Å². The summed E-state index contributed by atoms with van der Waals surface area (Å²) in [6, 6.07) is 19.1. The second-order valence-electron chi connectivity index (χ2n) is 8.68. The Balaban J connectivity index is 1.40. The van der Waals surface area contributed by atoms with E-state index in [-0.39, 0.29) is 0 Å². The van der Waals surface area contributed by atoms with Gasteiger partial charge < -0.3 is 4.90 Å². The average molecular weight is 433 g/mol. The van der Waals surface area contributed by atoms with Gasteiger partial charge in [-0.05, 0) is 91.4 Å². The molecule has 0 unspecified atom stereocenters. The van der Waals surface area contributed by atoms with Gasteiger partial charge in [0.15, 0.2) is 0 Å². The summed E-state index contributed by atoms with van der Waals surface area (Å²) in [7, 11) is -3.66. The van der Waals surface area contributed by atoms with Crippen LogP contribution in [0.5, 0.6) is 0 Å². The Morgan fingerprint density at radius 2 is 1.71 bits per heavy atom. The van der Waals surface area contributed by atoms with Crippen molar-refractivity contribution in [2.45, 2.75) is 37.5 Å². The average Bonchev–Trinajstić information content (AvgIpc) is 3.39. The maximum absolute atomic E-state index is 13.2. The Bertz CT molecular complexity index is 1270. The topological polar surface area (TPSA) is 49.4 Å². The van der Waals surface area contributed by atoms with Crippen LogP contribution >= 0.6 is 0 Å². The van der Waals surface area contributed by atoms with Crippen LogP contribution in [-0.4, -0.2) is 33.0 Å². The monoisotopic (exact) mass is 432 g/mol. The molecule has 4 nitrogen and oxygen atoms in total. The molecule has 0 amide bonds. The van der Waals surface area contributed by atoms with Crippen molar-refractivity contribution >= 4 is 32.1 Å². The molecule has 0 atom stereocenters. The third-order valence-corrected chi connectivity index (χ3v) is 7.97. The summed E-state index contributed by atoms with van der Waals surface area (Å²) in [5, 5.41) is 1.95. The molecule has 0 spiro atoms. The van der Waals surface area contributed by atoms with Crippen molar-refractivity contribution in [2.24, 2.45) is 0 Å². The van der Waals surface area contributed by atoms with Crippen LogP contribution in [0.15, 0.2) is 71.1 Å². The van der Waals surface area contributed by atoms with Crippen LogP contribution in [0.4, 0.5) is 5.69 Å². The first-order valence-corrected chi connectivity index (χ1v) is 12.5. The van der Waals surface area contributed by atoms with Gasteiger partial charge in [-0.1, -0.05) is 48.0 Å². The Morgan fingerprint density at radius 3 is 2.52 bits per heavy atom. The van der Waals surface area contributed by atoms with Crippen molar-refractivity contribution in [1.29, 1.82) is 0 Å². The van der Waals surface area contributed by atoms with Gasteiger partial charge >= 0.3 is 0 Å². The fourth-order valence-electron chi connectivity index (χ4n) is 4.92. The first kappa shape index (κ1) is 20.3. The van der Waals surface area contributed by atoms with Crippen molar-refractivity contribution in [3.63, 3.8) is 0 Å². The smallest absolute Gasteiger partial charge is 0.261 e. The predicted octanol–water partition coefficient (Wildman–Crippen LogP) is 5.46. The lowest BCUT2D eigenvalue weighted by Gasteiger charge is -2.16. The molecule has 31 heavy (non-hydrogen) atoms. The Kier molecular flexibility index (Phi) is 5.32. The summed E-state index contributed by atoms with van der Waals surface area (Å²) in [5.74, 6) is 0. The normalized spacial score (nSPS) is 16.8. The van der Waals surface area contributed by atoms with Gasteiger partial charge in [0.2, 0.25) is 0 Å². The molecule has 1 N–H and O–H groups in total. The van der Waals surface area contributed by atoms with E-state index in [2.05, 4.69) is 22.6 Å². The van der Waals surface area contributed by atoms with Gasteiger partial charge in [0.1, 0.15) is 0 Å². The molecule has 160 valence electrons. The molecular weight excluding hydrogens is 404 g/mol.